The average molecular weight is 299 g/mol. The molecule has 0 aromatic heterocycles. The zero-order valence-corrected chi connectivity index (χ0v) is 14.0. The fourth-order valence-corrected chi connectivity index (χ4v) is 2.41. The molecule has 0 amide bonds. The first kappa shape index (κ1) is 20.6. The monoisotopic (exact) mass is 299 g/mol. The first-order valence-corrected chi connectivity index (χ1v) is 8.93. The van der Waals surface area contributed by atoms with Gasteiger partial charge in [0.1, 0.15) is 0 Å². The van der Waals surface area contributed by atoms with E-state index in [1.165, 1.54) is 70.6 Å². The summed E-state index contributed by atoms with van der Waals surface area (Å²) in [4.78, 5) is 0. The number of unbranched alkanes of at least 4 members (excludes halogenated alkanes) is 11. The second kappa shape index (κ2) is 16.0. The standard InChI is InChI=1S/C18H37NO2/c1-2-3-4-5-6-7-8-9-10-11-12-13-14-15-18(21)17(19)16-20/h14-15,17-18,20-21H,2-13,16,19H2,1H3/b15-14+/t17-,18-/m1/s1. The van der Waals surface area contributed by atoms with Gasteiger partial charge in [0.2, 0.25) is 0 Å². The highest BCUT2D eigenvalue weighted by atomic mass is 16.3. The van der Waals surface area contributed by atoms with E-state index in [4.69, 9.17) is 10.8 Å². The van der Waals surface area contributed by atoms with Crippen LogP contribution in [0.15, 0.2) is 12.2 Å². The lowest BCUT2D eigenvalue weighted by Crippen LogP contribution is -2.36. The highest BCUT2D eigenvalue weighted by Gasteiger charge is 2.08. The second-order valence-corrected chi connectivity index (χ2v) is 6.09. The highest BCUT2D eigenvalue weighted by Crippen LogP contribution is 2.12. The van der Waals surface area contributed by atoms with Gasteiger partial charge in [0.05, 0.1) is 18.8 Å². The molecule has 0 aromatic carbocycles. The molecule has 3 heteroatoms. The molecule has 0 heterocycles. The maximum Gasteiger partial charge on any atom is 0.0894 e. The summed E-state index contributed by atoms with van der Waals surface area (Å²) in [6.45, 7) is 2.08. The number of aliphatic hydroxyl groups is 2. The van der Waals surface area contributed by atoms with E-state index in [2.05, 4.69) is 6.92 Å². The first-order valence-electron chi connectivity index (χ1n) is 8.93. The van der Waals surface area contributed by atoms with Crippen molar-refractivity contribution in [1.82, 2.24) is 0 Å². The molecule has 0 aliphatic rings. The van der Waals surface area contributed by atoms with E-state index >= 15 is 0 Å². The summed E-state index contributed by atoms with van der Waals surface area (Å²) in [5.41, 5.74) is 5.51. The maximum atomic E-state index is 9.52. The van der Waals surface area contributed by atoms with Gasteiger partial charge < -0.3 is 15.9 Å². The Morgan fingerprint density at radius 1 is 0.857 bits per heavy atom. The van der Waals surface area contributed by atoms with Crippen LogP contribution in [0.4, 0.5) is 0 Å². The molecule has 0 rings (SSSR count). The molecule has 2 atom stereocenters. The largest absolute Gasteiger partial charge is 0.395 e. The zero-order valence-electron chi connectivity index (χ0n) is 14.0. The van der Waals surface area contributed by atoms with Gasteiger partial charge in [-0.1, -0.05) is 83.3 Å². The summed E-state index contributed by atoms with van der Waals surface area (Å²) >= 11 is 0. The van der Waals surface area contributed by atoms with E-state index in [0.29, 0.717) is 0 Å². The van der Waals surface area contributed by atoms with Crippen molar-refractivity contribution in [2.75, 3.05) is 6.61 Å². The smallest absolute Gasteiger partial charge is 0.0894 e. The van der Waals surface area contributed by atoms with Gasteiger partial charge in [-0.15, -0.1) is 0 Å². The van der Waals surface area contributed by atoms with E-state index in [1.807, 2.05) is 6.08 Å². The lowest BCUT2D eigenvalue weighted by molar-refractivity contribution is 0.144. The Kier molecular flexibility index (Phi) is 15.7. The predicted molar refractivity (Wildman–Crippen MR) is 91.3 cm³/mol. The normalized spacial score (nSPS) is 14.7. The summed E-state index contributed by atoms with van der Waals surface area (Å²) < 4.78 is 0. The van der Waals surface area contributed by atoms with E-state index in [9.17, 15) is 5.11 Å². The summed E-state index contributed by atoms with van der Waals surface area (Å²) in [5, 5.41) is 18.3. The maximum absolute atomic E-state index is 9.52. The van der Waals surface area contributed by atoms with E-state index in [0.717, 1.165) is 6.42 Å². The Labute approximate surface area is 131 Å². The molecule has 21 heavy (non-hydrogen) atoms. The van der Waals surface area contributed by atoms with Crippen LogP contribution < -0.4 is 5.73 Å². The van der Waals surface area contributed by atoms with E-state index in [-0.39, 0.29) is 6.61 Å². The van der Waals surface area contributed by atoms with Gasteiger partial charge in [0.25, 0.3) is 0 Å². The molecule has 0 fully saturated rings. The Morgan fingerprint density at radius 3 is 1.81 bits per heavy atom. The van der Waals surface area contributed by atoms with Crippen LogP contribution in [0.1, 0.15) is 84.0 Å². The number of hydrogen-bond donors (Lipinski definition) is 3. The van der Waals surface area contributed by atoms with Gasteiger partial charge in [0.15, 0.2) is 0 Å². The Bertz CT molecular complexity index is 231. The zero-order chi connectivity index (χ0) is 15.8. The van der Waals surface area contributed by atoms with Crippen LogP contribution in [-0.4, -0.2) is 29.0 Å². The fraction of sp³-hybridized carbons (Fsp3) is 0.889. The fourth-order valence-electron chi connectivity index (χ4n) is 2.41. The molecule has 0 saturated heterocycles. The van der Waals surface area contributed by atoms with Gasteiger partial charge in [0, 0.05) is 0 Å². The molecule has 0 aliphatic heterocycles. The van der Waals surface area contributed by atoms with Gasteiger partial charge in [-0.3, -0.25) is 0 Å². The van der Waals surface area contributed by atoms with E-state index < -0.39 is 12.1 Å². The van der Waals surface area contributed by atoms with Gasteiger partial charge in [-0.05, 0) is 12.8 Å². The number of allylic oxidation sites excluding steroid dienone is 1. The molecule has 0 saturated carbocycles. The van der Waals surface area contributed by atoms with Crippen molar-refractivity contribution in [1.29, 1.82) is 0 Å². The first-order chi connectivity index (χ1) is 10.2. The Balaban J connectivity index is 3.20. The van der Waals surface area contributed by atoms with Crippen LogP contribution in [0.5, 0.6) is 0 Å². The number of rotatable bonds is 15. The number of hydrogen-bond acceptors (Lipinski definition) is 3. The van der Waals surface area contributed by atoms with Crippen LogP contribution in [0, 0.1) is 0 Å². The van der Waals surface area contributed by atoms with E-state index in [1.54, 1.807) is 6.08 Å². The molecule has 0 radical (unpaired) electrons. The second-order valence-electron chi connectivity index (χ2n) is 6.09. The van der Waals surface area contributed by atoms with Crippen molar-refractivity contribution in [3.8, 4) is 0 Å². The SMILES string of the molecule is CCCCCCCCCCCCC/C=C/[C@@H](O)[C@H](N)CO. The Morgan fingerprint density at radius 2 is 1.33 bits per heavy atom. The van der Waals surface area contributed by atoms with Crippen molar-refractivity contribution < 1.29 is 10.2 Å². The summed E-state index contributed by atoms with van der Waals surface area (Å²) in [6.07, 6.45) is 18.8. The predicted octanol–water partition coefficient (Wildman–Crippen LogP) is 3.92. The Hall–Kier alpha value is -0.380. The van der Waals surface area contributed by atoms with Gasteiger partial charge >= 0.3 is 0 Å². The quantitative estimate of drug-likeness (QED) is 0.317. The van der Waals surface area contributed by atoms with Crippen molar-refractivity contribution in [3.63, 3.8) is 0 Å². The van der Waals surface area contributed by atoms with Crippen LogP contribution >= 0.6 is 0 Å². The molecule has 4 N–H and O–H groups in total. The molecule has 0 spiro atoms. The third kappa shape index (κ3) is 14.3. The molecule has 126 valence electrons. The summed E-state index contributed by atoms with van der Waals surface area (Å²) in [6, 6.07) is -0.557. The van der Waals surface area contributed by atoms with Crippen molar-refractivity contribution >= 4 is 0 Å². The summed E-state index contributed by atoms with van der Waals surface area (Å²) in [5.74, 6) is 0. The lowest BCUT2D eigenvalue weighted by Gasteiger charge is -2.11. The topological polar surface area (TPSA) is 66.5 Å². The minimum absolute atomic E-state index is 0.177. The van der Waals surface area contributed by atoms with Gasteiger partial charge in [-0.25, -0.2) is 0 Å². The van der Waals surface area contributed by atoms with Gasteiger partial charge in [-0.2, -0.15) is 0 Å². The molecular formula is C18H37NO2. The molecule has 3 nitrogen and oxygen atoms in total. The summed E-state index contributed by atoms with van der Waals surface area (Å²) in [7, 11) is 0. The molecule has 0 bridgehead atoms. The van der Waals surface area contributed by atoms with Crippen LogP contribution in [0.2, 0.25) is 0 Å². The third-order valence-electron chi connectivity index (χ3n) is 3.96. The minimum Gasteiger partial charge on any atom is -0.395 e. The average Bonchev–Trinajstić information content (AvgIpc) is 2.50. The van der Waals surface area contributed by atoms with Crippen molar-refractivity contribution in [3.05, 3.63) is 12.2 Å². The third-order valence-corrected chi connectivity index (χ3v) is 3.96. The van der Waals surface area contributed by atoms with Crippen molar-refractivity contribution in [2.24, 2.45) is 5.73 Å². The molecule has 0 unspecified atom stereocenters. The molecule has 0 aromatic rings. The molecular weight excluding hydrogens is 262 g/mol. The van der Waals surface area contributed by atoms with Crippen LogP contribution in [-0.2, 0) is 0 Å². The molecule has 0 aliphatic carbocycles. The van der Waals surface area contributed by atoms with Crippen LogP contribution in [0.3, 0.4) is 0 Å². The van der Waals surface area contributed by atoms with Crippen molar-refractivity contribution in [2.45, 2.75) is 96.1 Å². The lowest BCUT2D eigenvalue weighted by atomic mass is 10.0. The number of aliphatic hydroxyl groups excluding tert-OH is 2. The van der Waals surface area contributed by atoms with Crippen LogP contribution in [0.25, 0.3) is 0 Å². The highest BCUT2D eigenvalue weighted by molar-refractivity contribution is 4.93. The number of nitrogens with two attached hydrogens (primary N) is 1. The minimum atomic E-state index is -0.720.